The summed E-state index contributed by atoms with van der Waals surface area (Å²) in [5, 5.41) is 26.2. The number of para-hydroxylation sites is 2. The number of hydrogen-bond donors (Lipinski definition) is 3. The van der Waals surface area contributed by atoms with E-state index in [-0.39, 0.29) is 36.3 Å². The van der Waals surface area contributed by atoms with E-state index in [4.69, 9.17) is 4.74 Å². The quantitative estimate of drug-likeness (QED) is 0.485. The maximum Gasteiger partial charge on any atom is 0.310 e. The topological polar surface area (TPSA) is 114 Å². The fourth-order valence-corrected chi connectivity index (χ4v) is 2.24. The molecule has 8 heteroatoms. The lowest BCUT2D eigenvalue weighted by Crippen LogP contribution is -2.34. The van der Waals surface area contributed by atoms with Crippen molar-refractivity contribution in [2.75, 3.05) is 26.2 Å². The van der Waals surface area contributed by atoms with Gasteiger partial charge in [-0.15, -0.1) is 0 Å². The van der Waals surface area contributed by atoms with E-state index in [2.05, 4.69) is 10.6 Å². The number of rotatable bonds is 7. The molecule has 8 nitrogen and oxygen atoms in total. The van der Waals surface area contributed by atoms with Crippen LogP contribution in [-0.4, -0.2) is 48.3 Å². The van der Waals surface area contributed by atoms with Crippen LogP contribution in [0.4, 0.5) is 5.69 Å². The van der Waals surface area contributed by atoms with Gasteiger partial charge in [0, 0.05) is 31.6 Å². The van der Waals surface area contributed by atoms with Crippen LogP contribution in [-0.2, 0) is 4.79 Å². The van der Waals surface area contributed by atoms with Crippen molar-refractivity contribution in [3.05, 3.63) is 34.4 Å². The molecule has 0 saturated carbocycles. The zero-order valence-electron chi connectivity index (χ0n) is 12.0. The highest BCUT2D eigenvalue weighted by Crippen LogP contribution is 2.25. The molecular weight excluding hydrogens is 290 g/mol. The van der Waals surface area contributed by atoms with Crippen LogP contribution in [0.3, 0.4) is 0 Å². The van der Waals surface area contributed by atoms with E-state index in [1.807, 2.05) is 0 Å². The molecule has 2 unspecified atom stereocenters. The largest absolute Gasteiger partial charge is 0.486 e. The number of aliphatic hydroxyl groups excluding tert-OH is 1. The molecule has 3 N–H and O–H groups in total. The molecule has 1 saturated heterocycles. The van der Waals surface area contributed by atoms with Gasteiger partial charge in [0.1, 0.15) is 0 Å². The van der Waals surface area contributed by atoms with Gasteiger partial charge in [0.25, 0.3) is 0 Å². The number of carbonyl (C=O) groups is 1. The Morgan fingerprint density at radius 2 is 2.23 bits per heavy atom. The minimum atomic E-state index is -0.524. The van der Waals surface area contributed by atoms with Crippen molar-refractivity contribution < 1.29 is 19.6 Å². The van der Waals surface area contributed by atoms with Crippen molar-refractivity contribution in [3.8, 4) is 5.75 Å². The molecular formula is C14H19N3O5. The van der Waals surface area contributed by atoms with Crippen molar-refractivity contribution in [3.63, 3.8) is 0 Å². The number of hydrogen-bond acceptors (Lipinski definition) is 6. The van der Waals surface area contributed by atoms with E-state index in [0.29, 0.717) is 19.6 Å². The summed E-state index contributed by atoms with van der Waals surface area (Å²) in [6.07, 6.45) is -0.342. The fraction of sp³-hybridized carbons (Fsp3) is 0.500. The van der Waals surface area contributed by atoms with Crippen LogP contribution in [0, 0.1) is 16.0 Å². The Balaban J connectivity index is 1.72. The smallest absolute Gasteiger partial charge is 0.310 e. The van der Waals surface area contributed by atoms with Crippen LogP contribution < -0.4 is 15.4 Å². The molecule has 0 spiro atoms. The molecule has 1 heterocycles. The predicted molar refractivity (Wildman–Crippen MR) is 78.6 cm³/mol. The van der Waals surface area contributed by atoms with Crippen LogP contribution in [0.2, 0.25) is 0 Å². The standard InChI is InChI=1S/C14H19N3O5/c18-12-9-15-7-10(12)8-16-14(19)5-6-22-13-4-2-1-3-11(13)17(20)21/h1-4,10,12,15,18H,5-9H2,(H,16,19). The van der Waals surface area contributed by atoms with Crippen LogP contribution >= 0.6 is 0 Å². The van der Waals surface area contributed by atoms with Gasteiger partial charge in [0.2, 0.25) is 5.91 Å². The molecule has 0 aromatic heterocycles. The molecule has 2 atom stereocenters. The Morgan fingerprint density at radius 3 is 2.91 bits per heavy atom. The highest BCUT2D eigenvalue weighted by atomic mass is 16.6. The van der Waals surface area contributed by atoms with Crippen molar-refractivity contribution in [1.82, 2.24) is 10.6 Å². The van der Waals surface area contributed by atoms with Crippen LogP contribution in [0.25, 0.3) is 0 Å². The van der Waals surface area contributed by atoms with E-state index in [0.717, 1.165) is 0 Å². The van der Waals surface area contributed by atoms with Gasteiger partial charge in [-0.25, -0.2) is 0 Å². The summed E-state index contributed by atoms with van der Waals surface area (Å²) in [7, 11) is 0. The number of ether oxygens (including phenoxy) is 1. The van der Waals surface area contributed by atoms with Gasteiger partial charge >= 0.3 is 5.69 Å². The molecule has 1 amide bonds. The molecule has 1 aromatic rings. The molecule has 1 aliphatic heterocycles. The second kappa shape index (κ2) is 7.71. The summed E-state index contributed by atoms with van der Waals surface area (Å²) in [6, 6.07) is 6.04. The van der Waals surface area contributed by atoms with Crippen molar-refractivity contribution in [2.24, 2.45) is 5.92 Å². The van der Waals surface area contributed by atoms with Crippen LogP contribution in [0.15, 0.2) is 24.3 Å². The third-order valence-corrected chi connectivity index (χ3v) is 3.51. The number of nitrogens with zero attached hydrogens (tertiary/aromatic N) is 1. The minimum Gasteiger partial charge on any atom is -0.486 e. The molecule has 1 fully saturated rings. The summed E-state index contributed by atoms with van der Waals surface area (Å²) in [6.45, 7) is 1.68. The molecule has 1 aromatic carbocycles. The molecule has 0 aliphatic carbocycles. The highest BCUT2D eigenvalue weighted by molar-refractivity contribution is 5.76. The van der Waals surface area contributed by atoms with Gasteiger partial charge in [-0.3, -0.25) is 14.9 Å². The Labute approximate surface area is 127 Å². The van der Waals surface area contributed by atoms with Crippen molar-refractivity contribution in [1.29, 1.82) is 0 Å². The molecule has 0 bridgehead atoms. The number of nitro groups is 1. The SMILES string of the molecule is O=C(CCOc1ccccc1[N+](=O)[O-])NCC1CNCC1O. The Kier molecular flexibility index (Phi) is 5.68. The normalized spacial score (nSPS) is 20.6. The molecule has 0 radical (unpaired) electrons. The van der Waals surface area contributed by atoms with Crippen molar-refractivity contribution >= 4 is 11.6 Å². The zero-order valence-corrected chi connectivity index (χ0v) is 12.0. The maximum absolute atomic E-state index is 11.7. The molecule has 120 valence electrons. The minimum absolute atomic E-state index is 0.0140. The van der Waals surface area contributed by atoms with Gasteiger partial charge < -0.3 is 20.5 Å². The van der Waals surface area contributed by atoms with E-state index >= 15 is 0 Å². The summed E-state index contributed by atoms with van der Waals surface area (Å²) in [5.41, 5.74) is -0.122. The third-order valence-electron chi connectivity index (χ3n) is 3.51. The maximum atomic E-state index is 11.7. The van der Waals surface area contributed by atoms with Gasteiger partial charge in [-0.2, -0.15) is 0 Å². The van der Waals surface area contributed by atoms with Gasteiger partial charge in [-0.05, 0) is 6.07 Å². The summed E-state index contributed by atoms with van der Waals surface area (Å²) in [5.74, 6) is -0.0477. The second-order valence-electron chi connectivity index (χ2n) is 5.11. The number of benzene rings is 1. The van der Waals surface area contributed by atoms with E-state index in [1.54, 1.807) is 12.1 Å². The van der Waals surface area contributed by atoms with Gasteiger partial charge in [-0.1, -0.05) is 12.1 Å². The van der Waals surface area contributed by atoms with Crippen molar-refractivity contribution in [2.45, 2.75) is 12.5 Å². The second-order valence-corrected chi connectivity index (χ2v) is 5.11. The average molecular weight is 309 g/mol. The lowest BCUT2D eigenvalue weighted by Gasteiger charge is -2.14. The van der Waals surface area contributed by atoms with Gasteiger partial charge in [0.05, 0.1) is 24.1 Å². The fourth-order valence-electron chi connectivity index (χ4n) is 2.24. The lowest BCUT2D eigenvalue weighted by molar-refractivity contribution is -0.385. The molecule has 1 aliphatic rings. The average Bonchev–Trinajstić information content (AvgIpc) is 2.91. The summed E-state index contributed by atoms with van der Waals surface area (Å²) >= 11 is 0. The Hall–Kier alpha value is -2.19. The summed E-state index contributed by atoms with van der Waals surface area (Å²) < 4.78 is 5.30. The third kappa shape index (κ3) is 4.40. The monoisotopic (exact) mass is 309 g/mol. The van der Waals surface area contributed by atoms with Crippen LogP contribution in [0.1, 0.15) is 6.42 Å². The van der Waals surface area contributed by atoms with E-state index in [9.17, 15) is 20.0 Å². The van der Waals surface area contributed by atoms with E-state index < -0.39 is 11.0 Å². The molecule has 22 heavy (non-hydrogen) atoms. The number of amides is 1. The highest BCUT2D eigenvalue weighted by Gasteiger charge is 2.24. The predicted octanol–water partition coefficient (Wildman–Crippen LogP) is 0.0602. The number of β-amino-alcohol motifs (C(OH)–C–C–N with tert-alkyl or cyclic N) is 1. The lowest BCUT2D eigenvalue weighted by atomic mass is 10.1. The first-order chi connectivity index (χ1) is 10.6. The molecule has 2 rings (SSSR count). The number of aliphatic hydroxyl groups is 1. The Bertz CT molecular complexity index is 537. The van der Waals surface area contributed by atoms with Crippen LogP contribution in [0.5, 0.6) is 5.75 Å². The Morgan fingerprint density at radius 1 is 1.45 bits per heavy atom. The van der Waals surface area contributed by atoms with Gasteiger partial charge in [0.15, 0.2) is 5.75 Å². The summed E-state index contributed by atoms with van der Waals surface area (Å²) in [4.78, 5) is 22.0. The first-order valence-corrected chi connectivity index (χ1v) is 7.09. The number of nitrogens with one attached hydrogen (secondary N) is 2. The first-order valence-electron chi connectivity index (χ1n) is 7.09. The number of nitro benzene ring substituents is 1. The number of carbonyl (C=O) groups excluding carboxylic acids is 1. The first kappa shape index (κ1) is 16.2. The van der Waals surface area contributed by atoms with E-state index in [1.165, 1.54) is 12.1 Å². The zero-order chi connectivity index (χ0) is 15.9.